The molecule has 1 saturated heterocycles. The largest absolute Gasteiger partial charge is 0.444 e. The lowest BCUT2D eigenvalue weighted by molar-refractivity contribution is -0.118. The van der Waals surface area contributed by atoms with Gasteiger partial charge in [-0.05, 0) is 33.6 Å². The summed E-state index contributed by atoms with van der Waals surface area (Å²) in [5, 5.41) is 0. The minimum atomic E-state index is -0.599. The number of nitrogens with zero attached hydrogens (tertiary/aromatic N) is 1. The second-order valence-electron chi connectivity index (χ2n) is 5.31. The van der Waals surface area contributed by atoms with Crippen molar-refractivity contribution in [1.82, 2.24) is 4.90 Å². The standard InChI is InChI=1S/C12H19NO4/c1-12(2,3)17-11(16)13-6-9(7-14)4-5-10(13)8-15/h7-10H,4-6H2,1-3H3. The van der Waals surface area contributed by atoms with Crippen LogP contribution in [0.5, 0.6) is 0 Å². The molecule has 0 aliphatic carbocycles. The molecule has 5 nitrogen and oxygen atoms in total. The molecule has 0 spiro atoms. The molecule has 5 heteroatoms. The van der Waals surface area contributed by atoms with Crippen LogP contribution < -0.4 is 0 Å². The van der Waals surface area contributed by atoms with Gasteiger partial charge in [-0.15, -0.1) is 0 Å². The Bertz CT molecular complexity index is 308. The smallest absolute Gasteiger partial charge is 0.410 e. The molecule has 0 aromatic carbocycles. The molecule has 1 aliphatic rings. The van der Waals surface area contributed by atoms with Crippen LogP contribution in [0.15, 0.2) is 0 Å². The molecule has 96 valence electrons. The summed E-state index contributed by atoms with van der Waals surface area (Å²) in [6.07, 6.45) is 2.21. The first-order valence-corrected chi connectivity index (χ1v) is 5.77. The first-order chi connectivity index (χ1) is 7.87. The zero-order chi connectivity index (χ0) is 13.1. The lowest BCUT2D eigenvalue weighted by atomic mass is 9.95. The number of piperidine rings is 1. The van der Waals surface area contributed by atoms with Gasteiger partial charge in [0.1, 0.15) is 18.2 Å². The summed E-state index contributed by atoms with van der Waals surface area (Å²) in [6, 6.07) is -0.471. The van der Waals surface area contributed by atoms with Crippen molar-refractivity contribution in [3.63, 3.8) is 0 Å². The Morgan fingerprint density at radius 1 is 1.24 bits per heavy atom. The SMILES string of the molecule is CC(C)(C)OC(=O)N1CC(C=O)CCC1C=O. The number of likely N-dealkylation sites (tertiary alicyclic amines) is 1. The number of hydrogen-bond acceptors (Lipinski definition) is 4. The maximum absolute atomic E-state index is 11.9. The molecule has 1 fully saturated rings. The second kappa shape index (κ2) is 5.29. The molecule has 17 heavy (non-hydrogen) atoms. The molecule has 0 bridgehead atoms. The van der Waals surface area contributed by atoms with Gasteiger partial charge in [0.05, 0.1) is 6.04 Å². The maximum atomic E-state index is 11.9. The summed E-state index contributed by atoms with van der Waals surface area (Å²) < 4.78 is 5.21. The highest BCUT2D eigenvalue weighted by Crippen LogP contribution is 2.22. The zero-order valence-corrected chi connectivity index (χ0v) is 10.5. The van der Waals surface area contributed by atoms with Crippen LogP contribution in [-0.2, 0) is 14.3 Å². The van der Waals surface area contributed by atoms with Crippen molar-refractivity contribution in [2.24, 2.45) is 5.92 Å². The predicted molar refractivity (Wildman–Crippen MR) is 61.6 cm³/mol. The normalized spacial score (nSPS) is 25.2. The molecule has 1 amide bonds. The van der Waals surface area contributed by atoms with E-state index in [0.29, 0.717) is 12.8 Å². The quantitative estimate of drug-likeness (QED) is 0.685. The van der Waals surface area contributed by atoms with Gasteiger partial charge in [0.25, 0.3) is 0 Å². The topological polar surface area (TPSA) is 63.7 Å². The van der Waals surface area contributed by atoms with Gasteiger partial charge < -0.3 is 14.3 Å². The number of ether oxygens (including phenoxy) is 1. The van der Waals surface area contributed by atoms with Crippen LogP contribution in [0.3, 0.4) is 0 Å². The van der Waals surface area contributed by atoms with Crippen molar-refractivity contribution in [3.05, 3.63) is 0 Å². The third-order valence-corrected chi connectivity index (χ3v) is 2.64. The van der Waals surface area contributed by atoms with E-state index in [9.17, 15) is 14.4 Å². The van der Waals surface area contributed by atoms with Crippen LogP contribution in [0.1, 0.15) is 33.6 Å². The predicted octanol–water partition coefficient (Wildman–Crippen LogP) is 1.40. The van der Waals surface area contributed by atoms with Crippen molar-refractivity contribution in [3.8, 4) is 0 Å². The van der Waals surface area contributed by atoms with E-state index in [2.05, 4.69) is 0 Å². The molecule has 0 aromatic heterocycles. The molecular formula is C12H19NO4. The summed E-state index contributed by atoms with van der Waals surface area (Å²) >= 11 is 0. The monoisotopic (exact) mass is 241 g/mol. The summed E-state index contributed by atoms with van der Waals surface area (Å²) in [7, 11) is 0. The number of hydrogen-bond donors (Lipinski definition) is 0. The number of rotatable bonds is 2. The van der Waals surface area contributed by atoms with E-state index in [-0.39, 0.29) is 12.5 Å². The van der Waals surface area contributed by atoms with Crippen LogP contribution in [0.25, 0.3) is 0 Å². The van der Waals surface area contributed by atoms with Gasteiger partial charge >= 0.3 is 6.09 Å². The van der Waals surface area contributed by atoms with Crippen molar-refractivity contribution < 1.29 is 19.1 Å². The van der Waals surface area contributed by atoms with Gasteiger partial charge in [-0.3, -0.25) is 4.90 Å². The summed E-state index contributed by atoms with van der Waals surface area (Å²) in [5.74, 6) is -0.196. The van der Waals surface area contributed by atoms with E-state index in [1.54, 1.807) is 20.8 Å². The molecule has 0 radical (unpaired) electrons. The highest BCUT2D eigenvalue weighted by Gasteiger charge is 2.33. The Hall–Kier alpha value is -1.39. The Kier molecular flexibility index (Phi) is 4.26. The van der Waals surface area contributed by atoms with E-state index >= 15 is 0 Å². The third-order valence-electron chi connectivity index (χ3n) is 2.64. The van der Waals surface area contributed by atoms with Gasteiger partial charge in [-0.2, -0.15) is 0 Å². The molecule has 0 N–H and O–H groups in total. The van der Waals surface area contributed by atoms with Gasteiger partial charge in [-0.25, -0.2) is 4.79 Å². The van der Waals surface area contributed by atoms with E-state index in [1.165, 1.54) is 4.90 Å². The lowest BCUT2D eigenvalue weighted by Crippen LogP contribution is -2.49. The number of amides is 1. The second-order valence-corrected chi connectivity index (χ2v) is 5.31. The molecule has 1 rings (SSSR count). The van der Waals surface area contributed by atoms with Crippen molar-refractivity contribution >= 4 is 18.7 Å². The number of carbonyl (C=O) groups is 3. The van der Waals surface area contributed by atoms with Gasteiger partial charge in [0, 0.05) is 12.5 Å². The Morgan fingerprint density at radius 2 is 1.88 bits per heavy atom. The molecule has 1 aliphatic heterocycles. The van der Waals surface area contributed by atoms with Crippen molar-refractivity contribution in [1.29, 1.82) is 0 Å². The minimum absolute atomic E-state index is 0.196. The fraction of sp³-hybridized carbons (Fsp3) is 0.750. The van der Waals surface area contributed by atoms with Crippen LogP contribution >= 0.6 is 0 Å². The van der Waals surface area contributed by atoms with E-state index < -0.39 is 17.7 Å². The first kappa shape index (κ1) is 13.7. The average molecular weight is 241 g/mol. The minimum Gasteiger partial charge on any atom is -0.444 e. The maximum Gasteiger partial charge on any atom is 0.410 e. The summed E-state index contributed by atoms with van der Waals surface area (Å²) in [5.41, 5.74) is -0.599. The Balaban J connectivity index is 2.72. The number of aldehydes is 2. The molecule has 2 atom stereocenters. The highest BCUT2D eigenvalue weighted by atomic mass is 16.6. The van der Waals surface area contributed by atoms with E-state index in [0.717, 1.165) is 12.6 Å². The van der Waals surface area contributed by atoms with Crippen molar-refractivity contribution in [2.45, 2.75) is 45.3 Å². The van der Waals surface area contributed by atoms with Gasteiger partial charge in [-0.1, -0.05) is 0 Å². The number of carbonyl (C=O) groups excluding carboxylic acids is 3. The van der Waals surface area contributed by atoms with Gasteiger partial charge in [0.2, 0.25) is 0 Å². The zero-order valence-electron chi connectivity index (χ0n) is 10.5. The molecule has 0 aromatic rings. The highest BCUT2D eigenvalue weighted by molar-refractivity contribution is 5.75. The molecule has 0 saturated carbocycles. The third kappa shape index (κ3) is 3.84. The molecule has 2 unspecified atom stereocenters. The first-order valence-electron chi connectivity index (χ1n) is 5.77. The van der Waals surface area contributed by atoms with E-state index in [1.807, 2.05) is 0 Å². The van der Waals surface area contributed by atoms with Crippen LogP contribution in [0.4, 0.5) is 4.79 Å². The molecule has 1 heterocycles. The molecular weight excluding hydrogens is 222 g/mol. The van der Waals surface area contributed by atoms with Gasteiger partial charge in [0.15, 0.2) is 0 Å². The summed E-state index contributed by atoms with van der Waals surface area (Å²) in [4.78, 5) is 34.9. The lowest BCUT2D eigenvalue weighted by Gasteiger charge is -2.36. The fourth-order valence-electron chi connectivity index (χ4n) is 1.80. The van der Waals surface area contributed by atoms with Crippen LogP contribution in [0.2, 0.25) is 0 Å². The van der Waals surface area contributed by atoms with Crippen LogP contribution in [0, 0.1) is 5.92 Å². The summed E-state index contributed by atoms with van der Waals surface area (Å²) in [6.45, 7) is 5.56. The Labute approximate surface area is 101 Å². The van der Waals surface area contributed by atoms with Crippen LogP contribution in [-0.4, -0.2) is 41.8 Å². The Morgan fingerprint density at radius 3 is 2.35 bits per heavy atom. The average Bonchev–Trinajstić information content (AvgIpc) is 2.25. The van der Waals surface area contributed by atoms with E-state index in [4.69, 9.17) is 4.74 Å². The fourth-order valence-corrected chi connectivity index (χ4v) is 1.80. The van der Waals surface area contributed by atoms with Crippen molar-refractivity contribution in [2.75, 3.05) is 6.54 Å².